The molecule has 2 amide bonds. The molecule has 3 rings (SSSR count). The van der Waals surface area contributed by atoms with Crippen LogP contribution in [0.5, 0.6) is 0 Å². The molecule has 0 saturated carbocycles. The van der Waals surface area contributed by atoms with Crippen LogP contribution in [0.3, 0.4) is 0 Å². The Balaban J connectivity index is 2.21. The molecule has 4 nitrogen and oxygen atoms in total. The summed E-state index contributed by atoms with van der Waals surface area (Å²) in [6, 6.07) is 19.4. The molecule has 0 unspecified atom stereocenters. The molecular weight excluding hydrogens is 308 g/mol. The van der Waals surface area contributed by atoms with Crippen LogP contribution in [0, 0.1) is 0 Å². The van der Waals surface area contributed by atoms with Crippen molar-refractivity contribution in [3.05, 3.63) is 71.8 Å². The second-order valence-electron chi connectivity index (χ2n) is 5.66. The van der Waals surface area contributed by atoms with Crippen molar-refractivity contribution >= 4 is 22.9 Å². The van der Waals surface area contributed by atoms with E-state index in [2.05, 4.69) is 0 Å². The van der Waals surface area contributed by atoms with E-state index >= 15 is 0 Å². The van der Waals surface area contributed by atoms with Crippen LogP contribution < -0.4 is 0 Å². The fourth-order valence-electron chi connectivity index (χ4n) is 2.93. The maximum Gasteiger partial charge on any atom is 0.303 e. The number of thioether (sulfide) groups is 1. The summed E-state index contributed by atoms with van der Waals surface area (Å²) in [6.07, 6.45) is 0. The quantitative estimate of drug-likeness (QED) is 0.869. The van der Waals surface area contributed by atoms with Crippen molar-refractivity contribution in [2.45, 2.75) is 5.41 Å². The van der Waals surface area contributed by atoms with Crippen molar-refractivity contribution in [3.63, 3.8) is 0 Å². The van der Waals surface area contributed by atoms with Crippen LogP contribution in [-0.4, -0.2) is 41.0 Å². The Kier molecular flexibility index (Phi) is 4.24. The Bertz CT molecular complexity index is 677. The number of nitrogens with zero attached hydrogens (tertiary/aromatic N) is 2. The second-order valence-corrected chi connectivity index (χ2v) is 6.58. The van der Waals surface area contributed by atoms with Gasteiger partial charge in [-0.15, -0.1) is 0 Å². The molecule has 118 valence electrons. The van der Waals surface area contributed by atoms with Gasteiger partial charge in [-0.2, -0.15) is 0 Å². The molecule has 1 heterocycles. The lowest BCUT2D eigenvalue weighted by molar-refractivity contribution is -0.142. The molecule has 1 fully saturated rings. The van der Waals surface area contributed by atoms with Gasteiger partial charge in [0, 0.05) is 19.8 Å². The molecule has 0 N–H and O–H groups in total. The Morgan fingerprint density at radius 3 is 1.83 bits per heavy atom. The molecule has 2 aromatic rings. The van der Waals surface area contributed by atoms with Gasteiger partial charge in [0.2, 0.25) is 0 Å². The molecule has 0 radical (unpaired) electrons. The van der Waals surface area contributed by atoms with Crippen LogP contribution in [0.25, 0.3) is 0 Å². The van der Waals surface area contributed by atoms with Crippen molar-refractivity contribution < 1.29 is 9.59 Å². The average molecular weight is 326 g/mol. The van der Waals surface area contributed by atoms with Crippen molar-refractivity contribution in [1.82, 2.24) is 10.0 Å². The fourth-order valence-corrected chi connectivity index (χ4v) is 4.09. The van der Waals surface area contributed by atoms with Crippen LogP contribution in [-0.2, 0) is 10.2 Å². The molecule has 0 spiro atoms. The fraction of sp³-hybridized carbons (Fsp3) is 0.222. The topological polar surface area (TPSA) is 40.6 Å². The molecule has 5 heteroatoms. The minimum Gasteiger partial charge on any atom is -0.271 e. The maximum absolute atomic E-state index is 13.4. The second kappa shape index (κ2) is 6.18. The number of carbonyl (C=O) groups is 2. The van der Waals surface area contributed by atoms with E-state index in [9.17, 15) is 9.59 Å². The van der Waals surface area contributed by atoms with E-state index in [1.54, 1.807) is 19.1 Å². The van der Waals surface area contributed by atoms with E-state index in [4.69, 9.17) is 0 Å². The van der Waals surface area contributed by atoms with E-state index in [-0.39, 0.29) is 11.1 Å². The number of hydrogen-bond acceptors (Lipinski definition) is 4. The predicted octanol–water partition coefficient (Wildman–Crippen LogP) is 3.14. The lowest BCUT2D eigenvalue weighted by Crippen LogP contribution is -2.58. The Morgan fingerprint density at radius 2 is 1.39 bits per heavy atom. The maximum atomic E-state index is 13.4. The molecule has 1 aliphatic rings. The zero-order chi connectivity index (χ0) is 16.4. The van der Waals surface area contributed by atoms with Crippen LogP contribution in [0.1, 0.15) is 11.1 Å². The third-order valence-electron chi connectivity index (χ3n) is 4.08. The first-order chi connectivity index (χ1) is 11.1. The van der Waals surface area contributed by atoms with Crippen LogP contribution in [0.15, 0.2) is 60.7 Å². The first kappa shape index (κ1) is 15.8. The minimum absolute atomic E-state index is 0.205. The summed E-state index contributed by atoms with van der Waals surface area (Å²) in [5, 5.41) is 2.55. The number of carbonyl (C=O) groups excluding carboxylic acids is 2. The number of imide groups is 1. The number of hydrogen-bond donors (Lipinski definition) is 0. The molecule has 1 saturated heterocycles. The van der Waals surface area contributed by atoms with Crippen molar-refractivity contribution in [2.75, 3.05) is 19.8 Å². The zero-order valence-corrected chi connectivity index (χ0v) is 13.9. The lowest BCUT2D eigenvalue weighted by Gasteiger charge is -2.42. The summed E-state index contributed by atoms with van der Waals surface area (Å²) < 4.78 is 0. The van der Waals surface area contributed by atoms with Gasteiger partial charge in [-0.05, 0) is 11.1 Å². The molecular formula is C18H18N2O2S. The number of amides is 2. The van der Waals surface area contributed by atoms with Crippen LogP contribution in [0.2, 0.25) is 0 Å². The van der Waals surface area contributed by atoms with Gasteiger partial charge in [0.15, 0.2) is 0 Å². The number of benzene rings is 2. The van der Waals surface area contributed by atoms with Gasteiger partial charge < -0.3 is 0 Å². The van der Waals surface area contributed by atoms with Crippen molar-refractivity contribution in [1.29, 1.82) is 0 Å². The summed E-state index contributed by atoms with van der Waals surface area (Å²) in [4.78, 5) is 25.6. The van der Waals surface area contributed by atoms with E-state index in [1.165, 1.54) is 16.8 Å². The average Bonchev–Trinajstić information content (AvgIpc) is 2.57. The zero-order valence-electron chi connectivity index (χ0n) is 13.1. The summed E-state index contributed by atoms with van der Waals surface area (Å²) in [5.74, 6) is 0.201. The van der Waals surface area contributed by atoms with Crippen molar-refractivity contribution in [3.8, 4) is 0 Å². The smallest absolute Gasteiger partial charge is 0.271 e. The molecule has 0 aliphatic carbocycles. The Hall–Kier alpha value is -2.11. The first-order valence-corrected chi connectivity index (χ1v) is 8.35. The number of hydrazine groups is 1. The molecule has 0 atom stereocenters. The van der Waals surface area contributed by atoms with Crippen LogP contribution in [0.4, 0.5) is 4.79 Å². The van der Waals surface area contributed by atoms with Crippen LogP contribution >= 0.6 is 11.8 Å². The van der Waals surface area contributed by atoms with E-state index in [1.807, 2.05) is 60.7 Å². The monoisotopic (exact) mass is 326 g/mol. The first-order valence-electron chi connectivity index (χ1n) is 7.37. The minimum atomic E-state index is -0.856. The van der Waals surface area contributed by atoms with Gasteiger partial charge in [-0.3, -0.25) is 9.59 Å². The molecule has 1 aliphatic heterocycles. The SMILES string of the molecule is CN(C)N1C(=O)SCC(c2ccccc2)(c2ccccc2)C1=O. The third kappa shape index (κ3) is 2.56. The van der Waals surface area contributed by atoms with E-state index < -0.39 is 5.41 Å². The third-order valence-corrected chi connectivity index (χ3v) is 5.07. The summed E-state index contributed by atoms with van der Waals surface area (Å²) in [6.45, 7) is 0. The Morgan fingerprint density at radius 1 is 0.913 bits per heavy atom. The highest BCUT2D eigenvalue weighted by Gasteiger charge is 2.51. The molecule has 0 bridgehead atoms. The highest BCUT2D eigenvalue weighted by atomic mass is 32.2. The van der Waals surface area contributed by atoms with E-state index in [0.717, 1.165) is 11.1 Å². The van der Waals surface area contributed by atoms with Gasteiger partial charge in [-0.1, -0.05) is 72.4 Å². The van der Waals surface area contributed by atoms with Gasteiger partial charge >= 0.3 is 5.24 Å². The highest BCUT2D eigenvalue weighted by molar-refractivity contribution is 8.13. The highest BCUT2D eigenvalue weighted by Crippen LogP contribution is 2.42. The summed E-state index contributed by atoms with van der Waals surface area (Å²) >= 11 is 1.18. The van der Waals surface area contributed by atoms with Gasteiger partial charge in [0.25, 0.3) is 5.91 Å². The predicted molar refractivity (Wildman–Crippen MR) is 92.1 cm³/mol. The standard InChI is InChI=1S/C18H18N2O2S/c1-19(2)20-16(21)18(13-23-17(20)22,14-9-5-3-6-10-14)15-11-7-4-8-12-15/h3-12H,13H2,1-2H3. The normalized spacial score (nSPS) is 17.6. The lowest BCUT2D eigenvalue weighted by atomic mass is 9.75. The number of rotatable bonds is 3. The summed E-state index contributed by atoms with van der Waals surface area (Å²) in [5.41, 5.74) is 0.955. The largest absolute Gasteiger partial charge is 0.303 e. The molecule has 23 heavy (non-hydrogen) atoms. The van der Waals surface area contributed by atoms with Gasteiger partial charge in [0.1, 0.15) is 5.41 Å². The van der Waals surface area contributed by atoms with Crippen molar-refractivity contribution in [2.24, 2.45) is 0 Å². The van der Waals surface area contributed by atoms with Gasteiger partial charge in [0.05, 0.1) is 0 Å². The van der Waals surface area contributed by atoms with E-state index in [0.29, 0.717) is 5.75 Å². The summed E-state index contributed by atoms with van der Waals surface area (Å²) in [7, 11) is 3.42. The Labute approximate surface area is 140 Å². The van der Waals surface area contributed by atoms with Gasteiger partial charge in [-0.25, -0.2) is 10.0 Å². The molecule has 0 aromatic heterocycles. The molecule has 2 aromatic carbocycles.